The molecule has 3 nitrogen and oxygen atoms in total. The Hall–Kier alpha value is -1.35. The Bertz CT molecular complexity index is 359. The van der Waals surface area contributed by atoms with Gasteiger partial charge in [0.2, 0.25) is 5.91 Å². The summed E-state index contributed by atoms with van der Waals surface area (Å²) >= 11 is 0. The van der Waals surface area contributed by atoms with Crippen molar-refractivity contribution in [3.63, 3.8) is 0 Å². The van der Waals surface area contributed by atoms with Crippen LogP contribution in [0.5, 0.6) is 0 Å². The van der Waals surface area contributed by atoms with Crippen LogP contribution in [0, 0.1) is 6.92 Å². The number of hydrogen-bond acceptors (Lipinski definition) is 2. The van der Waals surface area contributed by atoms with E-state index in [0.29, 0.717) is 6.42 Å². The van der Waals surface area contributed by atoms with Crippen molar-refractivity contribution in [2.24, 2.45) is 0 Å². The maximum absolute atomic E-state index is 12.0. The van der Waals surface area contributed by atoms with Gasteiger partial charge in [-0.15, -0.1) is 0 Å². The van der Waals surface area contributed by atoms with Crippen molar-refractivity contribution < 1.29 is 4.79 Å². The number of benzene rings is 1. The van der Waals surface area contributed by atoms with Crippen LogP contribution in [0.4, 0.5) is 5.69 Å². The fourth-order valence-corrected chi connectivity index (χ4v) is 1.94. The van der Waals surface area contributed by atoms with Crippen LogP contribution in [-0.2, 0) is 4.79 Å². The van der Waals surface area contributed by atoms with Crippen LogP contribution in [-0.4, -0.2) is 25.5 Å². The third-order valence-electron chi connectivity index (χ3n) is 2.90. The number of carbonyl (C=O) groups excluding carboxylic acids is 1. The number of rotatable bonds is 1. The first-order chi connectivity index (χ1) is 7.77. The lowest BCUT2D eigenvalue weighted by atomic mass is 10.2. The van der Waals surface area contributed by atoms with Gasteiger partial charge in [0.1, 0.15) is 0 Å². The molecule has 16 heavy (non-hydrogen) atoms. The largest absolute Gasteiger partial charge is 0.315 e. The first-order valence-electron chi connectivity index (χ1n) is 5.85. The molecule has 1 aromatic rings. The predicted octanol–water partition coefficient (Wildman–Crippen LogP) is 1.71. The molecular formula is C13H18N2O. The summed E-state index contributed by atoms with van der Waals surface area (Å²) in [6.45, 7) is 4.65. The van der Waals surface area contributed by atoms with Gasteiger partial charge in [-0.25, -0.2) is 0 Å². The molecule has 0 unspecified atom stereocenters. The van der Waals surface area contributed by atoms with Gasteiger partial charge < -0.3 is 10.2 Å². The van der Waals surface area contributed by atoms with Gasteiger partial charge in [0, 0.05) is 25.2 Å². The lowest BCUT2D eigenvalue weighted by molar-refractivity contribution is -0.118. The van der Waals surface area contributed by atoms with E-state index in [9.17, 15) is 4.79 Å². The number of hydrogen-bond donors (Lipinski definition) is 1. The normalized spacial score (nSPS) is 18.1. The molecule has 0 saturated carbocycles. The molecule has 0 spiro atoms. The highest BCUT2D eigenvalue weighted by Gasteiger charge is 2.16. The molecule has 0 aliphatic carbocycles. The minimum Gasteiger partial charge on any atom is -0.315 e. The summed E-state index contributed by atoms with van der Waals surface area (Å²) in [4.78, 5) is 13.8. The molecule has 86 valence electrons. The molecular weight excluding hydrogens is 200 g/mol. The van der Waals surface area contributed by atoms with E-state index < -0.39 is 0 Å². The molecule has 0 aromatic heterocycles. The van der Waals surface area contributed by atoms with Gasteiger partial charge in [-0.3, -0.25) is 4.79 Å². The number of aryl methyl sites for hydroxylation is 1. The lowest BCUT2D eigenvalue weighted by Gasteiger charge is -2.25. The number of nitrogens with zero attached hydrogens (tertiary/aromatic N) is 1. The summed E-state index contributed by atoms with van der Waals surface area (Å²) < 4.78 is 0. The number of carbonyl (C=O) groups is 1. The summed E-state index contributed by atoms with van der Waals surface area (Å²) in [6, 6.07) is 8.15. The smallest absolute Gasteiger partial charge is 0.227 e. The van der Waals surface area contributed by atoms with Crippen molar-refractivity contribution in [1.82, 2.24) is 5.32 Å². The molecule has 0 atom stereocenters. The van der Waals surface area contributed by atoms with Crippen LogP contribution in [0.15, 0.2) is 24.3 Å². The molecule has 1 fully saturated rings. The van der Waals surface area contributed by atoms with Crippen molar-refractivity contribution >= 4 is 11.6 Å². The minimum atomic E-state index is 0.241. The van der Waals surface area contributed by atoms with E-state index >= 15 is 0 Å². The first-order valence-corrected chi connectivity index (χ1v) is 5.85. The quantitative estimate of drug-likeness (QED) is 0.778. The number of amides is 1. The van der Waals surface area contributed by atoms with E-state index in [1.54, 1.807) is 0 Å². The summed E-state index contributed by atoms with van der Waals surface area (Å²) in [6.07, 6.45) is 1.57. The molecule has 1 aromatic carbocycles. The maximum atomic E-state index is 12.0. The zero-order chi connectivity index (χ0) is 11.4. The van der Waals surface area contributed by atoms with Gasteiger partial charge in [-0.1, -0.05) is 17.7 Å². The SMILES string of the molecule is Cc1ccc(N2CCNCCCC2=O)cc1. The lowest BCUT2D eigenvalue weighted by Crippen LogP contribution is -2.39. The maximum Gasteiger partial charge on any atom is 0.227 e. The summed E-state index contributed by atoms with van der Waals surface area (Å²) in [5.74, 6) is 0.241. The predicted molar refractivity (Wildman–Crippen MR) is 65.6 cm³/mol. The van der Waals surface area contributed by atoms with Crippen molar-refractivity contribution in [1.29, 1.82) is 0 Å². The van der Waals surface area contributed by atoms with Crippen LogP contribution in [0.25, 0.3) is 0 Å². The average Bonchev–Trinajstić information content (AvgIpc) is 2.26. The molecule has 0 radical (unpaired) electrons. The first kappa shape index (κ1) is 11.1. The van der Waals surface area contributed by atoms with Gasteiger partial charge in [-0.2, -0.15) is 0 Å². The minimum absolute atomic E-state index is 0.241. The van der Waals surface area contributed by atoms with Gasteiger partial charge >= 0.3 is 0 Å². The molecule has 0 bridgehead atoms. The average molecular weight is 218 g/mol. The molecule has 1 aliphatic heterocycles. The van der Waals surface area contributed by atoms with Gasteiger partial charge in [-0.05, 0) is 32.0 Å². The molecule has 2 rings (SSSR count). The zero-order valence-electron chi connectivity index (χ0n) is 9.70. The van der Waals surface area contributed by atoms with Crippen molar-refractivity contribution in [2.45, 2.75) is 19.8 Å². The van der Waals surface area contributed by atoms with Crippen molar-refractivity contribution in [2.75, 3.05) is 24.5 Å². The fourth-order valence-electron chi connectivity index (χ4n) is 1.94. The van der Waals surface area contributed by atoms with Gasteiger partial charge in [0.15, 0.2) is 0 Å². The fraction of sp³-hybridized carbons (Fsp3) is 0.462. The molecule has 1 saturated heterocycles. The Balaban J connectivity index is 2.15. The van der Waals surface area contributed by atoms with Gasteiger partial charge in [0.05, 0.1) is 0 Å². The van der Waals surface area contributed by atoms with Crippen molar-refractivity contribution in [3.05, 3.63) is 29.8 Å². The molecule has 3 heteroatoms. The Kier molecular flexibility index (Phi) is 3.57. The van der Waals surface area contributed by atoms with E-state index in [1.807, 2.05) is 17.0 Å². The van der Waals surface area contributed by atoms with E-state index in [1.165, 1.54) is 5.56 Å². The monoisotopic (exact) mass is 218 g/mol. The molecule has 1 aliphatic rings. The second-order valence-electron chi connectivity index (χ2n) is 4.23. The second-order valence-corrected chi connectivity index (χ2v) is 4.23. The number of anilines is 1. The summed E-state index contributed by atoms with van der Waals surface area (Å²) in [5, 5.41) is 3.33. The highest BCUT2D eigenvalue weighted by atomic mass is 16.2. The van der Waals surface area contributed by atoms with E-state index in [2.05, 4.69) is 24.4 Å². The molecule has 1 heterocycles. The summed E-state index contributed by atoms with van der Waals surface area (Å²) in [5.41, 5.74) is 2.24. The van der Waals surface area contributed by atoms with Crippen molar-refractivity contribution in [3.8, 4) is 0 Å². The topological polar surface area (TPSA) is 32.3 Å². The highest BCUT2D eigenvalue weighted by molar-refractivity contribution is 5.93. The van der Waals surface area contributed by atoms with Crippen LogP contribution in [0.2, 0.25) is 0 Å². The van der Waals surface area contributed by atoms with Gasteiger partial charge in [0.25, 0.3) is 0 Å². The Labute approximate surface area is 96.5 Å². The zero-order valence-corrected chi connectivity index (χ0v) is 9.70. The van der Waals surface area contributed by atoms with E-state index in [-0.39, 0.29) is 5.91 Å². The van der Waals surface area contributed by atoms with Crippen LogP contribution in [0.3, 0.4) is 0 Å². The Morgan fingerprint density at radius 1 is 1.19 bits per heavy atom. The standard InChI is InChI=1S/C13H18N2O/c1-11-4-6-12(7-5-11)15-10-9-14-8-2-3-13(15)16/h4-7,14H,2-3,8-10H2,1H3. The third kappa shape index (κ3) is 2.61. The van der Waals surface area contributed by atoms with Crippen LogP contribution >= 0.6 is 0 Å². The number of nitrogens with one attached hydrogen (secondary N) is 1. The Morgan fingerprint density at radius 2 is 1.94 bits per heavy atom. The highest BCUT2D eigenvalue weighted by Crippen LogP contribution is 2.16. The molecule has 1 amide bonds. The third-order valence-corrected chi connectivity index (χ3v) is 2.90. The second kappa shape index (κ2) is 5.12. The Morgan fingerprint density at radius 3 is 2.69 bits per heavy atom. The summed E-state index contributed by atoms with van der Waals surface area (Å²) in [7, 11) is 0. The van der Waals surface area contributed by atoms with E-state index in [4.69, 9.17) is 0 Å². The molecule has 1 N–H and O–H groups in total. The van der Waals surface area contributed by atoms with E-state index in [0.717, 1.165) is 31.7 Å². The van der Waals surface area contributed by atoms with Crippen LogP contribution < -0.4 is 10.2 Å². The van der Waals surface area contributed by atoms with Crippen LogP contribution in [0.1, 0.15) is 18.4 Å².